The third-order valence-corrected chi connectivity index (χ3v) is 3.10. The van der Waals surface area contributed by atoms with E-state index in [2.05, 4.69) is 30.2 Å². The maximum atomic E-state index is 6.00. The predicted molar refractivity (Wildman–Crippen MR) is 72.8 cm³/mol. The molecule has 0 amide bonds. The van der Waals surface area contributed by atoms with E-state index in [1.54, 1.807) is 6.20 Å². The zero-order valence-electron chi connectivity index (χ0n) is 10.2. The standard InChI is InChI=1S/C13H18ClN3/c1-10(2)8-11(9-14)16-13-5-3-4-12-15-6-7-17(12)13/h3-7,10-11,16H,8-9H2,1-2H3. The molecule has 1 N–H and O–H groups in total. The molecule has 0 aliphatic carbocycles. The number of rotatable bonds is 5. The second kappa shape index (κ2) is 5.41. The molecule has 0 radical (unpaired) electrons. The first-order valence-corrected chi connectivity index (χ1v) is 6.48. The second-order valence-electron chi connectivity index (χ2n) is 4.69. The van der Waals surface area contributed by atoms with Crippen LogP contribution in [0.5, 0.6) is 0 Å². The molecule has 3 nitrogen and oxygen atoms in total. The van der Waals surface area contributed by atoms with Crippen LogP contribution < -0.4 is 5.32 Å². The Kier molecular flexibility index (Phi) is 3.89. The minimum atomic E-state index is 0.296. The molecule has 0 fully saturated rings. The van der Waals surface area contributed by atoms with Crippen molar-refractivity contribution in [2.24, 2.45) is 5.92 Å². The largest absolute Gasteiger partial charge is 0.367 e. The molecule has 1 unspecified atom stereocenters. The molecule has 2 heterocycles. The van der Waals surface area contributed by atoms with E-state index in [0.29, 0.717) is 17.8 Å². The van der Waals surface area contributed by atoms with Gasteiger partial charge in [-0.05, 0) is 24.5 Å². The molecule has 0 aliphatic rings. The van der Waals surface area contributed by atoms with E-state index in [4.69, 9.17) is 11.6 Å². The van der Waals surface area contributed by atoms with Gasteiger partial charge in [-0.25, -0.2) is 4.98 Å². The Morgan fingerprint density at radius 1 is 1.41 bits per heavy atom. The number of alkyl halides is 1. The number of imidazole rings is 1. The highest BCUT2D eigenvalue weighted by Crippen LogP contribution is 2.15. The van der Waals surface area contributed by atoms with Gasteiger partial charge >= 0.3 is 0 Å². The van der Waals surface area contributed by atoms with Gasteiger partial charge in [-0.2, -0.15) is 0 Å². The molecule has 17 heavy (non-hydrogen) atoms. The first kappa shape index (κ1) is 12.2. The number of halogens is 1. The highest BCUT2D eigenvalue weighted by Gasteiger charge is 2.11. The molecular weight excluding hydrogens is 234 g/mol. The number of fused-ring (bicyclic) bond motifs is 1. The molecule has 0 saturated carbocycles. The Bertz CT molecular complexity index is 478. The Balaban J connectivity index is 2.19. The van der Waals surface area contributed by atoms with Gasteiger partial charge in [0.05, 0.1) is 0 Å². The number of anilines is 1. The summed E-state index contributed by atoms with van der Waals surface area (Å²) in [5.74, 6) is 2.29. The number of hydrogen-bond donors (Lipinski definition) is 1. The summed E-state index contributed by atoms with van der Waals surface area (Å²) in [6.45, 7) is 4.41. The Hall–Kier alpha value is -1.22. The lowest BCUT2D eigenvalue weighted by atomic mass is 10.1. The summed E-state index contributed by atoms with van der Waals surface area (Å²) >= 11 is 6.00. The van der Waals surface area contributed by atoms with Gasteiger partial charge in [0, 0.05) is 24.3 Å². The topological polar surface area (TPSA) is 29.3 Å². The highest BCUT2D eigenvalue weighted by atomic mass is 35.5. The minimum absolute atomic E-state index is 0.296. The van der Waals surface area contributed by atoms with E-state index < -0.39 is 0 Å². The first-order valence-electron chi connectivity index (χ1n) is 5.95. The predicted octanol–water partition coefficient (Wildman–Crippen LogP) is 3.40. The van der Waals surface area contributed by atoms with Crippen LogP contribution in [0.15, 0.2) is 30.6 Å². The summed E-state index contributed by atoms with van der Waals surface area (Å²) < 4.78 is 2.04. The van der Waals surface area contributed by atoms with Crippen LogP contribution >= 0.6 is 11.6 Å². The van der Waals surface area contributed by atoms with E-state index in [0.717, 1.165) is 17.9 Å². The van der Waals surface area contributed by atoms with Crippen molar-refractivity contribution in [1.29, 1.82) is 0 Å². The van der Waals surface area contributed by atoms with Crippen molar-refractivity contribution in [2.75, 3.05) is 11.2 Å². The van der Waals surface area contributed by atoms with Crippen molar-refractivity contribution in [2.45, 2.75) is 26.3 Å². The summed E-state index contributed by atoms with van der Waals surface area (Å²) in [5.41, 5.74) is 0.952. The van der Waals surface area contributed by atoms with Gasteiger partial charge in [-0.3, -0.25) is 4.40 Å². The molecule has 2 aromatic heterocycles. The Morgan fingerprint density at radius 3 is 2.94 bits per heavy atom. The van der Waals surface area contributed by atoms with E-state index >= 15 is 0 Å². The van der Waals surface area contributed by atoms with E-state index in [9.17, 15) is 0 Å². The van der Waals surface area contributed by atoms with Crippen LogP contribution in [0.25, 0.3) is 5.65 Å². The molecule has 1 atom stereocenters. The average molecular weight is 252 g/mol. The van der Waals surface area contributed by atoms with E-state index in [1.807, 2.05) is 22.7 Å². The van der Waals surface area contributed by atoms with Gasteiger partial charge in [0.25, 0.3) is 0 Å². The van der Waals surface area contributed by atoms with E-state index in [1.165, 1.54) is 0 Å². The molecule has 0 saturated heterocycles. The summed E-state index contributed by atoms with van der Waals surface area (Å²) in [6, 6.07) is 6.34. The highest BCUT2D eigenvalue weighted by molar-refractivity contribution is 6.18. The molecule has 2 aromatic rings. The fourth-order valence-electron chi connectivity index (χ4n) is 2.00. The van der Waals surface area contributed by atoms with Crippen molar-refractivity contribution in [3.8, 4) is 0 Å². The van der Waals surface area contributed by atoms with Crippen molar-refractivity contribution in [3.05, 3.63) is 30.6 Å². The molecule has 92 valence electrons. The summed E-state index contributed by atoms with van der Waals surface area (Å²) in [7, 11) is 0. The zero-order valence-corrected chi connectivity index (χ0v) is 11.0. The van der Waals surface area contributed by atoms with Gasteiger partial charge in [-0.1, -0.05) is 19.9 Å². The lowest BCUT2D eigenvalue weighted by molar-refractivity contribution is 0.541. The van der Waals surface area contributed by atoms with Crippen LogP contribution in [0.2, 0.25) is 0 Å². The van der Waals surface area contributed by atoms with Crippen LogP contribution in [0.3, 0.4) is 0 Å². The third kappa shape index (κ3) is 2.91. The molecule has 0 spiro atoms. The average Bonchev–Trinajstić information content (AvgIpc) is 2.76. The van der Waals surface area contributed by atoms with Gasteiger partial charge in [-0.15, -0.1) is 11.6 Å². The number of pyridine rings is 1. The maximum absolute atomic E-state index is 6.00. The molecule has 0 aliphatic heterocycles. The Morgan fingerprint density at radius 2 is 2.24 bits per heavy atom. The van der Waals surface area contributed by atoms with Crippen molar-refractivity contribution in [1.82, 2.24) is 9.38 Å². The SMILES string of the molecule is CC(C)CC(CCl)Nc1cccc2nccn12. The summed E-state index contributed by atoms with van der Waals surface area (Å²) in [4.78, 5) is 4.26. The molecule has 0 bridgehead atoms. The van der Waals surface area contributed by atoms with Crippen LogP contribution in [-0.4, -0.2) is 21.3 Å². The van der Waals surface area contributed by atoms with Crippen LogP contribution in [-0.2, 0) is 0 Å². The first-order chi connectivity index (χ1) is 8.20. The van der Waals surface area contributed by atoms with Gasteiger partial charge < -0.3 is 5.32 Å². The smallest absolute Gasteiger partial charge is 0.138 e. The van der Waals surface area contributed by atoms with Crippen molar-refractivity contribution < 1.29 is 0 Å². The molecule has 0 aromatic carbocycles. The Labute approximate surface area is 107 Å². The van der Waals surface area contributed by atoms with Gasteiger partial charge in [0.1, 0.15) is 11.5 Å². The maximum Gasteiger partial charge on any atom is 0.138 e. The van der Waals surface area contributed by atoms with Crippen molar-refractivity contribution >= 4 is 23.1 Å². The van der Waals surface area contributed by atoms with Gasteiger partial charge in [0.15, 0.2) is 0 Å². The second-order valence-corrected chi connectivity index (χ2v) is 5.00. The normalized spacial score (nSPS) is 13.2. The van der Waals surface area contributed by atoms with Crippen LogP contribution in [0.1, 0.15) is 20.3 Å². The monoisotopic (exact) mass is 251 g/mol. The number of hydrogen-bond acceptors (Lipinski definition) is 2. The summed E-state index contributed by atoms with van der Waals surface area (Å²) in [6.07, 6.45) is 4.82. The number of nitrogens with one attached hydrogen (secondary N) is 1. The lowest BCUT2D eigenvalue weighted by Crippen LogP contribution is -2.24. The van der Waals surface area contributed by atoms with Crippen LogP contribution in [0, 0.1) is 5.92 Å². The quantitative estimate of drug-likeness (QED) is 0.826. The van der Waals surface area contributed by atoms with Crippen molar-refractivity contribution in [3.63, 3.8) is 0 Å². The van der Waals surface area contributed by atoms with E-state index in [-0.39, 0.29) is 0 Å². The fourth-order valence-corrected chi connectivity index (χ4v) is 2.21. The lowest BCUT2D eigenvalue weighted by Gasteiger charge is -2.20. The number of aromatic nitrogens is 2. The minimum Gasteiger partial charge on any atom is -0.367 e. The zero-order chi connectivity index (χ0) is 12.3. The number of nitrogens with zero attached hydrogens (tertiary/aromatic N) is 2. The van der Waals surface area contributed by atoms with Crippen LogP contribution in [0.4, 0.5) is 5.82 Å². The third-order valence-electron chi connectivity index (χ3n) is 2.72. The molecule has 2 rings (SSSR count). The fraction of sp³-hybridized carbons (Fsp3) is 0.462. The summed E-state index contributed by atoms with van der Waals surface area (Å²) in [5, 5.41) is 3.48. The molecule has 4 heteroatoms. The molecular formula is C13H18ClN3. The van der Waals surface area contributed by atoms with Gasteiger partial charge in [0.2, 0.25) is 0 Å².